The number of nitrogens with zero attached hydrogens (tertiary/aromatic N) is 1. The Kier molecular flexibility index (Phi) is 3.70. The van der Waals surface area contributed by atoms with Gasteiger partial charge in [-0.15, -0.1) is 0 Å². The van der Waals surface area contributed by atoms with Crippen molar-refractivity contribution in [3.8, 4) is 11.5 Å². The number of hydrogen-bond acceptors (Lipinski definition) is 6. The average Bonchev–Trinajstić information content (AvgIpc) is 2.68. The molecule has 0 aliphatic carbocycles. The van der Waals surface area contributed by atoms with E-state index in [0.29, 0.717) is 11.0 Å². The van der Waals surface area contributed by atoms with Gasteiger partial charge in [-0.05, 0) is 18.2 Å². The van der Waals surface area contributed by atoms with Crippen LogP contribution in [0.4, 0.5) is 5.69 Å². The Bertz CT molecular complexity index is 1430. The highest BCUT2D eigenvalue weighted by Crippen LogP contribution is 2.34. The number of phenols is 2. The van der Waals surface area contributed by atoms with Gasteiger partial charge in [0.15, 0.2) is 10.9 Å². The molecule has 0 aliphatic heterocycles. The zero-order chi connectivity index (χ0) is 19.1. The Balaban J connectivity index is 2.34. The Hall–Kier alpha value is -4.00. The lowest BCUT2D eigenvalue weighted by Gasteiger charge is -2.07. The fourth-order valence-corrected chi connectivity index (χ4v) is 3.23. The fourth-order valence-electron chi connectivity index (χ4n) is 3.23. The fraction of sp³-hybridized carbons (Fsp3) is 0. The molecule has 0 spiro atoms. The van der Waals surface area contributed by atoms with Crippen molar-refractivity contribution in [2.75, 3.05) is 0 Å². The Labute approximate surface area is 150 Å². The molecule has 0 aromatic heterocycles. The van der Waals surface area contributed by atoms with Crippen LogP contribution in [0.15, 0.2) is 69.3 Å². The number of aromatic hydroxyl groups is 2. The summed E-state index contributed by atoms with van der Waals surface area (Å²) in [5.74, 6) is -0.991. The number of phenolic OH excluding ortho intramolecular Hbond substituents is 2. The summed E-state index contributed by atoms with van der Waals surface area (Å²) in [7, 11) is 0. The third kappa shape index (κ3) is 2.44. The number of benzene rings is 4. The molecule has 0 saturated carbocycles. The third-order valence-electron chi connectivity index (χ3n) is 4.42. The van der Waals surface area contributed by atoms with E-state index in [0.717, 1.165) is 6.07 Å². The van der Waals surface area contributed by atoms with Gasteiger partial charge < -0.3 is 15.4 Å². The maximum atomic E-state index is 12.4. The first kappa shape index (κ1) is 16.5. The van der Waals surface area contributed by atoms with Crippen LogP contribution in [0, 0.1) is 0 Å². The summed E-state index contributed by atoms with van der Waals surface area (Å²) in [5.41, 5.74) is -0.426. The average molecular weight is 361 g/mol. The second-order valence-electron chi connectivity index (χ2n) is 5.98. The van der Waals surface area contributed by atoms with Gasteiger partial charge in [0.25, 0.3) is 0 Å². The van der Waals surface area contributed by atoms with Crippen LogP contribution in [0.1, 0.15) is 0 Å². The van der Waals surface area contributed by atoms with Gasteiger partial charge in [-0.2, -0.15) is 0 Å². The van der Waals surface area contributed by atoms with Crippen molar-refractivity contribution in [2.45, 2.75) is 0 Å². The van der Waals surface area contributed by atoms with Gasteiger partial charge in [0.2, 0.25) is 11.0 Å². The van der Waals surface area contributed by atoms with Crippen molar-refractivity contribution >= 4 is 27.2 Å². The second-order valence-corrected chi connectivity index (χ2v) is 5.98. The van der Waals surface area contributed by atoms with E-state index in [1.165, 1.54) is 18.2 Å². The molecule has 0 atom stereocenters. The van der Waals surface area contributed by atoms with Gasteiger partial charge in [0.05, 0.1) is 16.2 Å². The predicted octanol–water partition coefficient (Wildman–Crippen LogP) is -0.397. The zero-order valence-electron chi connectivity index (χ0n) is 13.8. The summed E-state index contributed by atoms with van der Waals surface area (Å²) in [5, 5.41) is 33.4. The molecular formula is C20H13N2O5+. The van der Waals surface area contributed by atoms with Crippen LogP contribution in [0.3, 0.4) is 0 Å². The van der Waals surface area contributed by atoms with Gasteiger partial charge in [-0.1, -0.05) is 23.4 Å². The van der Waals surface area contributed by atoms with E-state index in [1.807, 2.05) is 18.2 Å². The number of rotatable bonds is 1. The van der Waals surface area contributed by atoms with Crippen LogP contribution in [-0.2, 0) is 0 Å². The molecule has 4 N–H and O–H groups in total. The van der Waals surface area contributed by atoms with Crippen LogP contribution in [-0.4, -0.2) is 15.4 Å². The lowest BCUT2D eigenvalue weighted by atomic mass is 9.99. The second kappa shape index (κ2) is 6.06. The van der Waals surface area contributed by atoms with E-state index in [-0.39, 0.29) is 26.9 Å². The predicted molar refractivity (Wildman–Crippen MR) is 97.2 cm³/mol. The van der Waals surface area contributed by atoms with E-state index in [1.54, 1.807) is 12.1 Å². The van der Waals surface area contributed by atoms with E-state index in [2.05, 4.69) is 10.1 Å². The lowest BCUT2D eigenvalue weighted by Crippen LogP contribution is -2.70. The summed E-state index contributed by atoms with van der Waals surface area (Å²) in [6.45, 7) is 0. The van der Waals surface area contributed by atoms with Crippen molar-refractivity contribution in [1.29, 1.82) is 0 Å². The maximum absolute atomic E-state index is 12.4. The maximum Gasteiger partial charge on any atom is 0.216 e. The molecular weight excluding hydrogens is 348 g/mol. The molecule has 0 saturated heterocycles. The van der Waals surface area contributed by atoms with Gasteiger partial charge >= 0.3 is 0 Å². The van der Waals surface area contributed by atoms with E-state index in [4.69, 9.17) is 0 Å². The number of hydrogen-bond donors (Lipinski definition) is 4. The van der Waals surface area contributed by atoms with Crippen LogP contribution in [0.5, 0.6) is 11.5 Å². The topological polar surface area (TPSA) is 121 Å². The highest BCUT2D eigenvalue weighted by atomic mass is 16.4. The van der Waals surface area contributed by atoms with Gasteiger partial charge in [0.1, 0.15) is 22.2 Å². The summed E-state index contributed by atoms with van der Waals surface area (Å²) in [4.78, 5) is 27.8. The molecule has 4 rings (SSSR count). The van der Waals surface area contributed by atoms with Gasteiger partial charge in [-0.3, -0.25) is 9.59 Å². The molecule has 0 bridgehead atoms. The molecule has 0 amide bonds. The standard InChI is InChI=1S/C20H12N2O5/c23-13-8-6-11(21-10-4-2-1-3-5-10)15-17(13)20(26)16-12(22-27)7-9-14(24)18(16)19(15)25/h1-9,25-27H/p+1. The van der Waals surface area contributed by atoms with Crippen molar-refractivity contribution in [2.24, 2.45) is 5.16 Å². The summed E-state index contributed by atoms with van der Waals surface area (Å²) in [6, 6.07) is 14.1. The molecule has 27 heavy (non-hydrogen) atoms. The van der Waals surface area contributed by atoms with Gasteiger partial charge in [-0.25, -0.2) is 4.99 Å². The molecule has 0 unspecified atom stereocenters. The molecule has 0 heterocycles. The van der Waals surface area contributed by atoms with Crippen LogP contribution >= 0.6 is 0 Å². The zero-order valence-corrected chi connectivity index (χ0v) is 13.8. The molecule has 7 nitrogen and oxygen atoms in total. The summed E-state index contributed by atoms with van der Waals surface area (Å²) in [6.07, 6.45) is 0. The van der Waals surface area contributed by atoms with E-state index < -0.39 is 22.4 Å². The first-order valence-electron chi connectivity index (χ1n) is 8.01. The first-order valence-corrected chi connectivity index (χ1v) is 8.01. The normalized spacial score (nSPS) is 12.9. The Morgan fingerprint density at radius 1 is 0.704 bits per heavy atom. The van der Waals surface area contributed by atoms with E-state index >= 15 is 0 Å². The van der Waals surface area contributed by atoms with E-state index in [9.17, 15) is 25.0 Å². The number of fused-ring (bicyclic) bond motifs is 2. The van der Waals surface area contributed by atoms with Crippen molar-refractivity contribution in [3.63, 3.8) is 0 Å². The quantitative estimate of drug-likeness (QED) is 0.159. The summed E-state index contributed by atoms with van der Waals surface area (Å²) >= 11 is 0. The SMILES string of the molecule is O=c1ccc(=NO)c2c(O)c3c(=O)ccc(=[NH+]c4ccccc4)c3c(O)c12. The first-order chi connectivity index (χ1) is 13.0. The smallest absolute Gasteiger partial charge is 0.216 e. The molecule has 4 aromatic rings. The monoisotopic (exact) mass is 361 g/mol. The van der Waals surface area contributed by atoms with Crippen molar-refractivity contribution < 1.29 is 20.4 Å². The highest BCUT2D eigenvalue weighted by Gasteiger charge is 2.22. The minimum absolute atomic E-state index is 0.0172. The number of para-hydroxylation sites is 1. The molecule has 132 valence electrons. The Morgan fingerprint density at radius 3 is 1.96 bits per heavy atom. The third-order valence-corrected chi connectivity index (χ3v) is 4.42. The Morgan fingerprint density at radius 2 is 1.30 bits per heavy atom. The highest BCUT2D eigenvalue weighted by molar-refractivity contribution is 6.09. The van der Waals surface area contributed by atoms with Crippen LogP contribution < -0.4 is 26.6 Å². The largest absolute Gasteiger partial charge is 0.506 e. The molecule has 4 aromatic carbocycles. The molecule has 0 fully saturated rings. The lowest BCUT2D eigenvalue weighted by molar-refractivity contribution is -0.400. The number of nitrogens with one attached hydrogen (secondary N) is 1. The van der Waals surface area contributed by atoms with Crippen molar-refractivity contribution in [1.82, 2.24) is 0 Å². The molecule has 0 radical (unpaired) electrons. The van der Waals surface area contributed by atoms with Gasteiger partial charge in [0, 0.05) is 18.2 Å². The van der Waals surface area contributed by atoms with Crippen LogP contribution in [0.2, 0.25) is 0 Å². The minimum atomic E-state index is -0.575. The molecule has 0 aliphatic rings. The molecule has 7 heteroatoms. The minimum Gasteiger partial charge on any atom is -0.506 e. The summed E-state index contributed by atoms with van der Waals surface area (Å²) < 4.78 is 0. The van der Waals surface area contributed by atoms with Crippen LogP contribution in [0.25, 0.3) is 21.5 Å². The van der Waals surface area contributed by atoms with Crippen molar-refractivity contribution in [3.05, 3.63) is 85.8 Å².